The first kappa shape index (κ1) is 22.7. The molecule has 7 nitrogen and oxygen atoms in total. The van der Waals surface area contributed by atoms with Crippen LogP contribution in [0.4, 0.5) is 0 Å². The van der Waals surface area contributed by atoms with Crippen LogP contribution in [-0.4, -0.2) is 64.7 Å². The Morgan fingerprint density at radius 2 is 1.55 bits per heavy atom. The number of hydrogen-bond donors (Lipinski definition) is 0. The number of hydrogen-bond acceptors (Lipinski definition) is 4. The summed E-state index contributed by atoms with van der Waals surface area (Å²) in [7, 11) is 0.324. The first-order valence-electron chi connectivity index (χ1n) is 9.85. The molecule has 0 spiro atoms. The second-order valence-corrected chi connectivity index (χ2v) is 8.49. The van der Waals surface area contributed by atoms with Crippen molar-refractivity contribution >= 4 is 27.7 Å². The van der Waals surface area contributed by atoms with Crippen molar-refractivity contribution in [1.82, 2.24) is 9.21 Å². The third kappa shape index (κ3) is 5.22. The van der Waals surface area contributed by atoms with Crippen molar-refractivity contribution in [3.8, 4) is 11.5 Å². The van der Waals surface area contributed by atoms with Crippen LogP contribution in [0.15, 0.2) is 71.6 Å². The quantitative estimate of drug-likeness (QED) is 0.586. The van der Waals surface area contributed by atoms with Crippen LogP contribution in [0, 0.1) is 0 Å². The van der Waals surface area contributed by atoms with E-state index in [1.165, 1.54) is 0 Å². The smallest absolute Gasteiger partial charge is 0.260 e. The van der Waals surface area contributed by atoms with Crippen LogP contribution >= 0.6 is 0 Å². The fourth-order valence-electron chi connectivity index (χ4n) is 3.50. The van der Waals surface area contributed by atoms with Gasteiger partial charge < -0.3 is 19.8 Å². The van der Waals surface area contributed by atoms with Gasteiger partial charge in [0.05, 0.1) is 12.0 Å². The number of carbonyl (C=O) groups excluding carboxylic acids is 1. The topological polar surface area (TPSA) is 90.6 Å². The van der Waals surface area contributed by atoms with Gasteiger partial charge in [0.1, 0.15) is 11.0 Å². The predicted molar refractivity (Wildman–Crippen MR) is 121 cm³/mol. The Bertz CT molecular complexity index is 1070. The number of methoxy groups -OCH3 is 1. The van der Waals surface area contributed by atoms with E-state index in [0.717, 1.165) is 15.7 Å². The fourth-order valence-corrected chi connectivity index (χ4v) is 4.70. The van der Waals surface area contributed by atoms with Gasteiger partial charge in [-0.3, -0.25) is 4.79 Å². The maximum atomic E-state index is 13.0. The molecule has 31 heavy (non-hydrogen) atoms. The van der Waals surface area contributed by atoms with Crippen LogP contribution in [0.3, 0.4) is 0 Å². The highest BCUT2D eigenvalue weighted by atomic mass is 32.2. The average Bonchev–Trinajstić information content (AvgIpc) is 2.82. The molecule has 0 bridgehead atoms. The molecule has 0 saturated carbocycles. The van der Waals surface area contributed by atoms with Crippen molar-refractivity contribution in [3.05, 3.63) is 66.7 Å². The molecule has 1 aliphatic rings. The minimum Gasteiger partial charge on any atom is -0.493 e. The summed E-state index contributed by atoms with van der Waals surface area (Å²) in [5.74, 6) is 1.06. The van der Waals surface area contributed by atoms with Gasteiger partial charge in [0, 0.05) is 26.2 Å². The van der Waals surface area contributed by atoms with Gasteiger partial charge in [0.2, 0.25) is 0 Å². The monoisotopic (exact) mass is 442 g/mol. The molecule has 8 heteroatoms. The highest BCUT2D eigenvalue weighted by molar-refractivity contribution is 7.82. The zero-order valence-corrected chi connectivity index (χ0v) is 18.1. The summed E-state index contributed by atoms with van der Waals surface area (Å²) >= 11 is 0. The van der Waals surface area contributed by atoms with E-state index in [0.29, 0.717) is 37.7 Å². The third-order valence-corrected chi connectivity index (χ3v) is 6.66. The van der Waals surface area contributed by atoms with E-state index in [1.807, 2.05) is 58.9 Å². The lowest BCUT2D eigenvalue weighted by atomic mass is 10.1. The fraction of sp³-hybridized carbons (Fsp3) is 0.261. The second-order valence-electron chi connectivity index (χ2n) is 7.01. The molecule has 0 radical (unpaired) electrons. The summed E-state index contributed by atoms with van der Waals surface area (Å²) < 4.78 is 25.8. The lowest BCUT2D eigenvalue weighted by molar-refractivity contribution is -0.134. The Hall–Kier alpha value is -2.94. The van der Waals surface area contributed by atoms with E-state index in [9.17, 15) is 9.00 Å². The summed E-state index contributed by atoms with van der Waals surface area (Å²) in [5, 5.41) is 2.20. The van der Waals surface area contributed by atoms with E-state index in [2.05, 4.69) is 0 Å². The summed E-state index contributed by atoms with van der Waals surface area (Å²) in [6.07, 6.45) is 0. The number of piperazine rings is 1. The van der Waals surface area contributed by atoms with Crippen molar-refractivity contribution in [2.24, 2.45) is 0 Å². The Balaban J connectivity index is 0.00000272. The van der Waals surface area contributed by atoms with Gasteiger partial charge in [-0.1, -0.05) is 42.5 Å². The summed E-state index contributed by atoms with van der Waals surface area (Å²) in [5.41, 5.74) is 0. The number of carbonyl (C=O) groups is 1. The minimum atomic E-state index is -1.24. The van der Waals surface area contributed by atoms with Crippen LogP contribution < -0.4 is 9.47 Å². The highest BCUT2D eigenvalue weighted by Crippen LogP contribution is 2.26. The maximum Gasteiger partial charge on any atom is 0.260 e. The number of rotatable bonds is 6. The van der Waals surface area contributed by atoms with Crippen molar-refractivity contribution in [1.29, 1.82) is 0 Å². The number of nitrogens with zero attached hydrogens (tertiary/aromatic N) is 2. The van der Waals surface area contributed by atoms with Crippen molar-refractivity contribution < 1.29 is 24.0 Å². The van der Waals surface area contributed by atoms with Crippen LogP contribution in [0.2, 0.25) is 0 Å². The number of fused-ring (bicyclic) bond motifs is 1. The lowest BCUT2D eigenvalue weighted by Gasteiger charge is -2.33. The van der Waals surface area contributed by atoms with E-state index >= 15 is 0 Å². The molecule has 0 aromatic heterocycles. The minimum absolute atomic E-state index is 0. The summed E-state index contributed by atoms with van der Waals surface area (Å²) in [6.45, 7) is 2.11. The molecule has 4 rings (SSSR count). The Labute approximate surface area is 184 Å². The molecule has 1 heterocycles. The third-order valence-electron chi connectivity index (χ3n) is 5.17. The van der Waals surface area contributed by atoms with Crippen molar-refractivity contribution in [2.45, 2.75) is 4.90 Å². The molecule has 0 aliphatic carbocycles. The van der Waals surface area contributed by atoms with E-state index in [-0.39, 0.29) is 18.0 Å². The van der Waals surface area contributed by atoms with Crippen LogP contribution in [0.5, 0.6) is 11.5 Å². The van der Waals surface area contributed by atoms with Crippen molar-refractivity contribution in [3.63, 3.8) is 0 Å². The highest BCUT2D eigenvalue weighted by Gasteiger charge is 2.25. The van der Waals surface area contributed by atoms with Gasteiger partial charge in [-0.15, -0.1) is 0 Å². The number of amides is 1. The SMILES string of the molecule is COc1ccccc1OCC(=O)N1CCN(S(=O)c2ccc3ccccc3c2)CC1.O. The van der Waals surface area contributed by atoms with E-state index in [4.69, 9.17) is 9.47 Å². The molecule has 1 saturated heterocycles. The van der Waals surface area contributed by atoms with Gasteiger partial charge in [-0.2, -0.15) is 0 Å². The summed E-state index contributed by atoms with van der Waals surface area (Å²) in [6, 6.07) is 21.2. The molecule has 1 amide bonds. The standard InChI is InChI=1S/C23H24N2O4S.H2O/c1-28-21-8-4-5-9-22(21)29-17-23(26)24-12-14-25(15-13-24)30(27)20-11-10-18-6-2-3-7-19(18)16-20;/h2-11,16H,12-15,17H2,1H3;1H2. The van der Waals surface area contributed by atoms with Crippen molar-refractivity contribution in [2.75, 3.05) is 39.9 Å². The number of benzene rings is 3. The largest absolute Gasteiger partial charge is 0.493 e. The van der Waals surface area contributed by atoms with Gasteiger partial charge >= 0.3 is 0 Å². The van der Waals surface area contributed by atoms with Gasteiger partial charge in [-0.05, 0) is 35.0 Å². The molecule has 1 aliphatic heterocycles. The van der Waals surface area contributed by atoms with Gasteiger partial charge in [0.15, 0.2) is 18.1 Å². The zero-order valence-electron chi connectivity index (χ0n) is 17.3. The average molecular weight is 443 g/mol. The van der Waals surface area contributed by atoms with E-state index < -0.39 is 11.0 Å². The maximum absolute atomic E-state index is 13.0. The van der Waals surface area contributed by atoms with Crippen LogP contribution in [-0.2, 0) is 15.8 Å². The Kier molecular flexibility index (Phi) is 7.62. The summed E-state index contributed by atoms with van der Waals surface area (Å²) in [4.78, 5) is 15.1. The number of para-hydroxylation sites is 2. The van der Waals surface area contributed by atoms with Crippen LogP contribution in [0.25, 0.3) is 10.8 Å². The normalized spacial score (nSPS) is 15.2. The van der Waals surface area contributed by atoms with Crippen LogP contribution in [0.1, 0.15) is 0 Å². The molecular weight excluding hydrogens is 416 g/mol. The first-order valence-corrected chi connectivity index (χ1v) is 11.0. The second kappa shape index (κ2) is 10.4. The van der Waals surface area contributed by atoms with Gasteiger partial charge in [-0.25, -0.2) is 8.51 Å². The molecular formula is C23H26N2O5S. The molecule has 3 aromatic carbocycles. The first-order chi connectivity index (χ1) is 14.7. The molecule has 3 aromatic rings. The predicted octanol–water partition coefficient (Wildman–Crippen LogP) is 2.27. The Morgan fingerprint density at radius 1 is 0.903 bits per heavy atom. The lowest BCUT2D eigenvalue weighted by Crippen LogP contribution is -2.50. The number of ether oxygens (including phenoxy) is 2. The Morgan fingerprint density at radius 3 is 2.26 bits per heavy atom. The molecule has 1 atom stereocenters. The van der Waals surface area contributed by atoms with Gasteiger partial charge in [0.25, 0.3) is 5.91 Å². The molecule has 2 N–H and O–H groups in total. The van der Waals surface area contributed by atoms with E-state index in [1.54, 1.807) is 24.1 Å². The molecule has 1 unspecified atom stereocenters. The zero-order chi connectivity index (χ0) is 20.9. The molecule has 1 fully saturated rings. The molecule has 164 valence electrons.